The van der Waals surface area contributed by atoms with Gasteiger partial charge in [0, 0.05) is 55.7 Å². The molecule has 2 aromatic carbocycles. The molecule has 11 heteroatoms. The summed E-state index contributed by atoms with van der Waals surface area (Å²) in [5, 5.41) is 5.01. The highest BCUT2D eigenvalue weighted by atomic mass is 35.5. The third-order valence-corrected chi connectivity index (χ3v) is 8.80. The lowest BCUT2D eigenvalue weighted by molar-refractivity contribution is -0.120. The lowest BCUT2D eigenvalue weighted by Gasteiger charge is -2.34. The number of sulfone groups is 1. The molecule has 3 aromatic rings. The van der Waals surface area contributed by atoms with Crippen molar-refractivity contribution in [2.24, 2.45) is 0 Å². The Labute approximate surface area is 207 Å². The molecule has 7 nitrogen and oxygen atoms in total. The van der Waals surface area contributed by atoms with Gasteiger partial charge in [-0.3, -0.25) is 9.69 Å². The number of piperazine rings is 1. The van der Waals surface area contributed by atoms with Crippen LogP contribution in [0.2, 0.25) is 10.0 Å². The maximum absolute atomic E-state index is 12.3. The van der Waals surface area contributed by atoms with Gasteiger partial charge in [0.1, 0.15) is 0 Å². The predicted molar refractivity (Wildman–Crippen MR) is 134 cm³/mol. The molecule has 2 heterocycles. The lowest BCUT2D eigenvalue weighted by Crippen LogP contribution is -2.48. The number of nitrogens with zero attached hydrogens (tertiary/aromatic N) is 3. The van der Waals surface area contributed by atoms with E-state index in [9.17, 15) is 13.2 Å². The largest absolute Gasteiger partial charge is 0.355 e. The summed E-state index contributed by atoms with van der Waals surface area (Å²) >= 11 is 13.5. The number of benzene rings is 2. The van der Waals surface area contributed by atoms with Crippen LogP contribution in [0.1, 0.15) is 6.42 Å². The average Bonchev–Trinajstić information content (AvgIpc) is 3.22. The molecule has 0 spiro atoms. The summed E-state index contributed by atoms with van der Waals surface area (Å²) in [7, 11) is -3.51. The summed E-state index contributed by atoms with van der Waals surface area (Å²) in [5.74, 6) is -0.494. The fourth-order valence-corrected chi connectivity index (χ4v) is 6.27. The molecule has 176 valence electrons. The number of fused-ring (bicyclic) bond motifs is 1. The van der Waals surface area contributed by atoms with Crippen LogP contribution >= 0.6 is 34.5 Å². The second-order valence-electron chi connectivity index (χ2n) is 7.81. The van der Waals surface area contributed by atoms with Gasteiger partial charge in [-0.1, -0.05) is 34.5 Å². The summed E-state index contributed by atoms with van der Waals surface area (Å²) < 4.78 is 25.8. The first kappa shape index (κ1) is 24.2. The summed E-state index contributed by atoms with van der Waals surface area (Å²) in [6, 6.07) is 11.7. The molecule has 1 saturated heterocycles. The number of anilines is 1. The molecular weight excluding hydrogens is 503 g/mol. The number of thiazole rings is 1. The Hall–Kier alpha value is -1.91. The van der Waals surface area contributed by atoms with E-state index in [4.69, 9.17) is 28.2 Å². The van der Waals surface area contributed by atoms with Crippen molar-refractivity contribution >= 4 is 65.6 Å². The number of rotatable bonds is 8. The van der Waals surface area contributed by atoms with Crippen LogP contribution in [0.4, 0.5) is 5.13 Å². The number of carbonyl (C=O) groups is 1. The summed E-state index contributed by atoms with van der Waals surface area (Å²) in [5.41, 5.74) is 0.961. The van der Waals surface area contributed by atoms with Crippen LogP contribution in [0.3, 0.4) is 0 Å². The fraction of sp³-hybridized carbons (Fsp3) is 0.364. The van der Waals surface area contributed by atoms with Gasteiger partial charge >= 0.3 is 0 Å². The van der Waals surface area contributed by atoms with Crippen molar-refractivity contribution in [2.75, 3.05) is 49.9 Å². The van der Waals surface area contributed by atoms with Gasteiger partial charge in [0.05, 0.1) is 20.9 Å². The smallest absolute Gasteiger partial charge is 0.221 e. The first-order valence-corrected chi connectivity index (χ1v) is 13.8. The fourth-order valence-electron chi connectivity index (χ4n) is 3.61. The molecule has 0 bridgehead atoms. The second-order valence-corrected chi connectivity index (χ2v) is 11.8. The van der Waals surface area contributed by atoms with E-state index in [2.05, 4.69) is 15.1 Å². The zero-order valence-corrected chi connectivity index (χ0v) is 21.0. The third kappa shape index (κ3) is 6.36. The van der Waals surface area contributed by atoms with Gasteiger partial charge in [0.25, 0.3) is 0 Å². The molecule has 1 aromatic heterocycles. The second kappa shape index (κ2) is 10.6. The van der Waals surface area contributed by atoms with E-state index < -0.39 is 9.84 Å². The SMILES string of the molecule is O=C(CCS(=O)(=O)c1ccc(Cl)cc1)NCCN1CCN(c2nc3ccc(Cl)cc3s2)CC1. The lowest BCUT2D eigenvalue weighted by atomic mass is 10.3. The van der Waals surface area contributed by atoms with E-state index in [1.807, 2.05) is 18.2 Å². The van der Waals surface area contributed by atoms with Gasteiger partial charge in [-0.2, -0.15) is 0 Å². The topological polar surface area (TPSA) is 82.6 Å². The molecule has 0 atom stereocenters. The number of nitrogens with one attached hydrogen (secondary N) is 1. The number of aromatic nitrogens is 1. The van der Waals surface area contributed by atoms with Crippen LogP contribution in [0.25, 0.3) is 10.2 Å². The molecule has 33 heavy (non-hydrogen) atoms. The molecule has 0 radical (unpaired) electrons. The monoisotopic (exact) mass is 526 g/mol. The standard InChI is InChI=1S/C22H24Cl2N4O3S2/c23-16-1-4-18(5-2-16)33(30,31)14-7-21(29)25-8-9-27-10-12-28(13-11-27)22-26-19-6-3-17(24)15-20(19)32-22/h1-6,15H,7-14H2,(H,25,29). The molecule has 1 aliphatic rings. The number of hydrogen-bond donors (Lipinski definition) is 1. The quantitative estimate of drug-likeness (QED) is 0.481. The Morgan fingerprint density at radius 2 is 1.73 bits per heavy atom. The number of amides is 1. The average molecular weight is 527 g/mol. The highest BCUT2D eigenvalue weighted by Crippen LogP contribution is 2.31. The van der Waals surface area contributed by atoms with Crippen molar-refractivity contribution in [3.63, 3.8) is 0 Å². The molecule has 0 aliphatic carbocycles. The minimum atomic E-state index is -3.51. The molecule has 1 aliphatic heterocycles. The van der Waals surface area contributed by atoms with Gasteiger partial charge in [-0.15, -0.1) is 0 Å². The van der Waals surface area contributed by atoms with Crippen molar-refractivity contribution in [1.29, 1.82) is 0 Å². The van der Waals surface area contributed by atoms with Gasteiger partial charge in [0.2, 0.25) is 5.91 Å². The normalized spacial score (nSPS) is 15.2. The minimum absolute atomic E-state index is 0.0691. The zero-order chi connectivity index (χ0) is 23.4. The molecule has 0 saturated carbocycles. The van der Waals surface area contributed by atoms with Crippen molar-refractivity contribution in [3.8, 4) is 0 Å². The first-order valence-electron chi connectivity index (χ1n) is 10.6. The maximum Gasteiger partial charge on any atom is 0.221 e. The zero-order valence-electron chi connectivity index (χ0n) is 17.8. The highest BCUT2D eigenvalue weighted by molar-refractivity contribution is 7.91. The van der Waals surface area contributed by atoms with Gasteiger partial charge in [0.15, 0.2) is 15.0 Å². The van der Waals surface area contributed by atoms with Crippen molar-refractivity contribution in [1.82, 2.24) is 15.2 Å². The number of hydrogen-bond acceptors (Lipinski definition) is 7. The molecule has 1 amide bonds. The summed E-state index contributed by atoms with van der Waals surface area (Å²) in [6.07, 6.45) is -0.0691. The Morgan fingerprint density at radius 3 is 2.45 bits per heavy atom. The van der Waals surface area contributed by atoms with Crippen molar-refractivity contribution < 1.29 is 13.2 Å². The van der Waals surface area contributed by atoms with Crippen LogP contribution in [-0.2, 0) is 14.6 Å². The number of halogens is 2. The molecular formula is C22H24Cl2N4O3S2. The number of carbonyl (C=O) groups excluding carboxylic acids is 1. The molecule has 1 fully saturated rings. The Bertz CT molecular complexity index is 1220. The Balaban J connectivity index is 1.17. The van der Waals surface area contributed by atoms with Gasteiger partial charge < -0.3 is 10.2 Å². The first-order chi connectivity index (χ1) is 15.8. The molecule has 4 rings (SSSR count). The van der Waals surface area contributed by atoms with Gasteiger partial charge in [-0.25, -0.2) is 13.4 Å². The van der Waals surface area contributed by atoms with Crippen LogP contribution < -0.4 is 10.2 Å². The van der Waals surface area contributed by atoms with Crippen LogP contribution in [0, 0.1) is 0 Å². The van der Waals surface area contributed by atoms with E-state index in [0.717, 1.165) is 48.1 Å². The van der Waals surface area contributed by atoms with E-state index in [-0.39, 0.29) is 23.0 Å². The van der Waals surface area contributed by atoms with Crippen molar-refractivity contribution in [2.45, 2.75) is 11.3 Å². The van der Waals surface area contributed by atoms with E-state index >= 15 is 0 Å². The van der Waals surface area contributed by atoms with E-state index in [0.29, 0.717) is 16.6 Å². The van der Waals surface area contributed by atoms with Crippen LogP contribution in [0.5, 0.6) is 0 Å². The minimum Gasteiger partial charge on any atom is -0.355 e. The summed E-state index contributed by atoms with van der Waals surface area (Å²) in [6.45, 7) is 4.68. The summed E-state index contributed by atoms with van der Waals surface area (Å²) in [4.78, 5) is 21.6. The van der Waals surface area contributed by atoms with E-state index in [1.54, 1.807) is 11.3 Å². The van der Waals surface area contributed by atoms with Crippen molar-refractivity contribution in [3.05, 3.63) is 52.5 Å². The highest BCUT2D eigenvalue weighted by Gasteiger charge is 2.20. The predicted octanol–water partition coefficient (Wildman–Crippen LogP) is 3.71. The molecule has 0 unspecified atom stereocenters. The molecule has 1 N–H and O–H groups in total. The van der Waals surface area contributed by atoms with E-state index in [1.165, 1.54) is 24.3 Å². The Kier molecular flexibility index (Phi) is 7.76. The van der Waals surface area contributed by atoms with Gasteiger partial charge in [-0.05, 0) is 42.5 Å². The van der Waals surface area contributed by atoms with Crippen LogP contribution in [-0.4, -0.2) is 69.2 Å². The maximum atomic E-state index is 12.3. The third-order valence-electron chi connectivity index (χ3n) is 5.50. The Morgan fingerprint density at radius 1 is 1.03 bits per heavy atom. The van der Waals surface area contributed by atoms with Crippen LogP contribution in [0.15, 0.2) is 47.4 Å².